The maximum Gasteiger partial charge on any atom is 0.0223 e. The largest absolute Gasteiger partial charge is 0.127 e. The molecular weight excluding hydrogens is 344 g/mol. The molecule has 0 aliphatic rings. The minimum absolute atomic E-state index is 0. The molecule has 0 saturated carbocycles. The van der Waals surface area contributed by atoms with Gasteiger partial charge in [-0.2, -0.15) is 0 Å². The van der Waals surface area contributed by atoms with Gasteiger partial charge in [0.15, 0.2) is 0 Å². The van der Waals surface area contributed by atoms with E-state index in [4.69, 9.17) is 11.6 Å². The molecule has 0 nitrogen and oxygen atoms in total. The SMILES string of the molecule is Br.CCCCCCCCCCCCCCCCCCCCl. The Bertz CT molecular complexity index is 144. The molecule has 0 bridgehead atoms. The summed E-state index contributed by atoms with van der Waals surface area (Å²) in [6, 6.07) is 0. The van der Waals surface area contributed by atoms with Gasteiger partial charge in [-0.05, 0) is 6.42 Å². The number of halogens is 2. The Morgan fingerprint density at radius 2 is 0.667 bits per heavy atom. The second-order valence-electron chi connectivity index (χ2n) is 6.35. The lowest BCUT2D eigenvalue weighted by Crippen LogP contribution is -1.84. The average molecular weight is 384 g/mol. The molecule has 0 aromatic rings. The Morgan fingerprint density at radius 3 is 0.905 bits per heavy atom. The Labute approximate surface area is 150 Å². The van der Waals surface area contributed by atoms with Crippen molar-refractivity contribution in [2.45, 2.75) is 116 Å². The van der Waals surface area contributed by atoms with Crippen LogP contribution < -0.4 is 0 Å². The predicted octanol–water partition coefficient (Wildman–Crippen LogP) is 8.45. The summed E-state index contributed by atoms with van der Waals surface area (Å²) in [5.74, 6) is 0.846. The van der Waals surface area contributed by atoms with Gasteiger partial charge in [-0.3, -0.25) is 0 Å². The molecule has 0 aromatic heterocycles. The average Bonchev–Trinajstić information content (AvgIpc) is 2.47. The molecule has 0 radical (unpaired) electrons. The highest BCUT2D eigenvalue weighted by Gasteiger charge is 1.94. The fourth-order valence-corrected chi connectivity index (χ4v) is 3.01. The summed E-state index contributed by atoms with van der Waals surface area (Å²) in [6.07, 6.45) is 24.3. The first kappa shape index (κ1) is 24.0. The molecule has 0 rings (SSSR count). The third-order valence-electron chi connectivity index (χ3n) is 4.24. The van der Waals surface area contributed by atoms with E-state index >= 15 is 0 Å². The Morgan fingerprint density at radius 1 is 0.429 bits per heavy atom. The minimum atomic E-state index is 0. The van der Waals surface area contributed by atoms with Crippen LogP contribution in [0.25, 0.3) is 0 Å². The first-order chi connectivity index (χ1) is 9.91. The van der Waals surface area contributed by atoms with Crippen LogP contribution in [-0.2, 0) is 0 Å². The topological polar surface area (TPSA) is 0 Å². The van der Waals surface area contributed by atoms with Gasteiger partial charge < -0.3 is 0 Å². The summed E-state index contributed by atoms with van der Waals surface area (Å²) in [5.41, 5.74) is 0. The second kappa shape index (κ2) is 23.0. The van der Waals surface area contributed by atoms with Crippen LogP contribution >= 0.6 is 28.6 Å². The van der Waals surface area contributed by atoms with Crippen LogP contribution in [0.5, 0.6) is 0 Å². The van der Waals surface area contributed by atoms with E-state index in [-0.39, 0.29) is 17.0 Å². The van der Waals surface area contributed by atoms with Crippen LogP contribution in [-0.4, -0.2) is 5.88 Å². The van der Waals surface area contributed by atoms with Gasteiger partial charge in [0.2, 0.25) is 0 Å². The monoisotopic (exact) mass is 382 g/mol. The number of hydrogen-bond donors (Lipinski definition) is 0. The van der Waals surface area contributed by atoms with Crippen molar-refractivity contribution in [1.29, 1.82) is 0 Å². The van der Waals surface area contributed by atoms with Gasteiger partial charge in [0.25, 0.3) is 0 Å². The molecular formula is C19H40BrCl. The Kier molecular flexibility index (Phi) is 26.4. The maximum absolute atomic E-state index is 5.67. The molecule has 0 aromatic carbocycles. The van der Waals surface area contributed by atoms with Crippen molar-refractivity contribution in [1.82, 2.24) is 0 Å². The molecule has 0 aliphatic carbocycles. The molecule has 21 heavy (non-hydrogen) atoms. The van der Waals surface area contributed by atoms with Gasteiger partial charge in [0.1, 0.15) is 0 Å². The summed E-state index contributed by atoms with van der Waals surface area (Å²) in [5, 5.41) is 0. The third-order valence-corrected chi connectivity index (χ3v) is 4.50. The van der Waals surface area contributed by atoms with Gasteiger partial charge in [-0.25, -0.2) is 0 Å². The summed E-state index contributed by atoms with van der Waals surface area (Å²) in [6.45, 7) is 2.29. The Balaban J connectivity index is 0. The van der Waals surface area contributed by atoms with E-state index < -0.39 is 0 Å². The van der Waals surface area contributed by atoms with Crippen LogP contribution in [0.2, 0.25) is 0 Å². The zero-order valence-electron chi connectivity index (χ0n) is 14.5. The van der Waals surface area contributed by atoms with Crippen molar-refractivity contribution < 1.29 is 0 Å². The fourth-order valence-electron chi connectivity index (χ4n) is 2.82. The molecule has 130 valence electrons. The summed E-state index contributed by atoms with van der Waals surface area (Å²) < 4.78 is 0. The first-order valence-electron chi connectivity index (χ1n) is 9.47. The zero-order chi connectivity index (χ0) is 14.7. The van der Waals surface area contributed by atoms with Crippen LogP contribution in [0.15, 0.2) is 0 Å². The lowest BCUT2D eigenvalue weighted by atomic mass is 10.0. The standard InChI is InChI=1S/C19H39Cl.BrH/c1-2-3-4-5-6-7-8-9-10-11-12-13-14-15-16-17-18-19-20;/h2-19H2,1H3;1H. The third kappa shape index (κ3) is 23.2. The van der Waals surface area contributed by atoms with E-state index in [1.54, 1.807) is 0 Å². The van der Waals surface area contributed by atoms with E-state index in [1.807, 2.05) is 0 Å². The smallest absolute Gasteiger partial charge is 0.0223 e. The summed E-state index contributed by atoms with van der Waals surface area (Å²) >= 11 is 5.67. The van der Waals surface area contributed by atoms with Crippen molar-refractivity contribution in [2.24, 2.45) is 0 Å². The number of alkyl halides is 1. The van der Waals surface area contributed by atoms with Gasteiger partial charge in [-0.15, -0.1) is 28.6 Å². The number of rotatable bonds is 17. The number of hydrogen-bond acceptors (Lipinski definition) is 0. The molecule has 0 atom stereocenters. The van der Waals surface area contributed by atoms with Crippen LogP contribution in [0.1, 0.15) is 116 Å². The van der Waals surface area contributed by atoms with E-state index in [2.05, 4.69) is 6.92 Å². The summed E-state index contributed by atoms with van der Waals surface area (Å²) in [4.78, 5) is 0. The van der Waals surface area contributed by atoms with Gasteiger partial charge in [0, 0.05) is 5.88 Å². The zero-order valence-corrected chi connectivity index (χ0v) is 17.0. The van der Waals surface area contributed by atoms with Crippen molar-refractivity contribution in [3.8, 4) is 0 Å². The van der Waals surface area contributed by atoms with E-state index in [0.29, 0.717) is 0 Å². The van der Waals surface area contributed by atoms with Crippen molar-refractivity contribution >= 4 is 28.6 Å². The summed E-state index contributed by atoms with van der Waals surface area (Å²) in [7, 11) is 0. The molecule has 0 heterocycles. The van der Waals surface area contributed by atoms with E-state index in [0.717, 1.165) is 5.88 Å². The van der Waals surface area contributed by atoms with Crippen molar-refractivity contribution in [2.75, 3.05) is 5.88 Å². The van der Waals surface area contributed by atoms with E-state index in [9.17, 15) is 0 Å². The highest BCUT2D eigenvalue weighted by Crippen LogP contribution is 2.13. The van der Waals surface area contributed by atoms with Gasteiger partial charge >= 0.3 is 0 Å². The second-order valence-corrected chi connectivity index (χ2v) is 6.72. The van der Waals surface area contributed by atoms with Gasteiger partial charge in [0.05, 0.1) is 0 Å². The molecule has 0 spiro atoms. The lowest BCUT2D eigenvalue weighted by molar-refractivity contribution is 0.529. The van der Waals surface area contributed by atoms with E-state index in [1.165, 1.54) is 109 Å². The normalized spacial score (nSPS) is 10.6. The van der Waals surface area contributed by atoms with Crippen molar-refractivity contribution in [3.05, 3.63) is 0 Å². The van der Waals surface area contributed by atoms with Gasteiger partial charge in [-0.1, -0.05) is 110 Å². The quantitative estimate of drug-likeness (QED) is 0.174. The van der Waals surface area contributed by atoms with Crippen LogP contribution in [0.4, 0.5) is 0 Å². The molecule has 0 amide bonds. The molecule has 0 N–H and O–H groups in total. The molecule has 2 heteroatoms. The molecule has 0 unspecified atom stereocenters. The Hall–Kier alpha value is 0.770. The molecule has 0 aliphatic heterocycles. The number of unbranched alkanes of at least 4 members (excludes halogenated alkanes) is 16. The molecule has 0 fully saturated rings. The first-order valence-corrected chi connectivity index (χ1v) is 10.0. The lowest BCUT2D eigenvalue weighted by Gasteiger charge is -2.03. The van der Waals surface area contributed by atoms with Crippen molar-refractivity contribution in [3.63, 3.8) is 0 Å². The van der Waals surface area contributed by atoms with Crippen LogP contribution in [0, 0.1) is 0 Å². The highest BCUT2D eigenvalue weighted by molar-refractivity contribution is 8.93. The van der Waals surface area contributed by atoms with Crippen LogP contribution in [0.3, 0.4) is 0 Å². The highest BCUT2D eigenvalue weighted by atomic mass is 79.9. The maximum atomic E-state index is 5.67. The fraction of sp³-hybridized carbons (Fsp3) is 1.00. The predicted molar refractivity (Wildman–Crippen MR) is 105 cm³/mol. The molecule has 0 saturated heterocycles. The minimum Gasteiger partial charge on any atom is -0.127 e.